The normalized spacial score (nSPS) is 10.7. The van der Waals surface area contributed by atoms with Crippen LogP contribution in [0.1, 0.15) is 15.5 Å². The summed E-state index contributed by atoms with van der Waals surface area (Å²) in [7, 11) is 0. The molecule has 1 aromatic carbocycles. The van der Waals surface area contributed by atoms with E-state index in [1.165, 1.54) is 0 Å². The molecule has 2 heterocycles. The van der Waals surface area contributed by atoms with E-state index >= 15 is 0 Å². The van der Waals surface area contributed by atoms with Crippen LogP contribution in [-0.2, 0) is 6.54 Å². The Morgan fingerprint density at radius 2 is 2.10 bits per heavy atom. The first-order chi connectivity index (χ1) is 9.72. The summed E-state index contributed by atoms with van der Waals surface area (Å²) in [6, 6.07) is 11.4. The Bertz CT molecular complexity index is 721. The zero-order chi connectivity index (χ0) is 13.9. The molecule has 1 amide bonds. The van der Waals surface area contributed by atoms with Gasteiger partial charge >= 0.3 is 0 Å². The van der Waals surface area contributed by atoms with Gasteiger partial charge in [0.1, 0.15) is 10.7 Å². The zero-order valence-corrected chi connectivity index (χ0v) is 12.7. The number of aromatic nitrogens is 2. The summed E-state index contributed by atoms with van der Waals surface area (Å²) in [5, 5.41) is 3.71. The average Bonchev–Trinajstić information content (AvgIpc) is 2.88. The van der Waals surface area contributed by atoms with Gasteiger partial charge in [0, 0.05) is 10.7 Å². The molecule has 0 fully saturated rings. The number of benzene rings is 1. The van der Waals surface area contributed by atoms with Gasteiger partial charge in [-0.1, -0.05) is 12.1 Å². The van der Waals surface area contributed by atoms with Crippen LogP contribution in [0.2, 0.25) is 0 Å². The van der Waals surface area contributed by atoms with E-state index in [-0.39, 0.29) is 5.91 Å². The van der Waals surface area contributed by atoms with Crippen molar-refractivity contribution < 1.29 is 4.79 Å². The van der Waals surface area contributed by atoms with E-state index in [0.717, 1.165) is 19.7 Å². The third-order valence-electron chi connectivity index (χ3n) is 2.70. The zero-order valence-electron chi connectivity index (χ0n) is 10.3. The molecule has 0 aliphatic heterocycles. The highest BCUT2D eigenvalue weighted by molar-refractivity contribution is 9.10. The summed E-state index contributed by atoms with van der Waals surface area (Å²) in [4.78, 5) is 20.5. The predicted molar refractivity (Wildman–Crippen MR) is 82.7 cm³/mol. The van der Waals surface area contributed by atoms with Crippen LogP contribution < -0.4 is 5.32 Å². The fraction of sp³-hybridized carbons (Fsp3) is 0.0714. The molecule has 100 valence electrons. The van der Waals surface area contributed by atoms with Gasteiger partial charge in [0.2, 0.25) is 0 Å². The van der Waals surface area contributed by atoms with Gasteiger partial charge in [-0.15, -0.1) is 11.3 Å². The highest BCUT2D eigenvalue weighted by atomic mass is 79.9. The summed E-state index contributed by atoms with van der Waals surface area (Å²) in [6.45, 7) is 0.413. The lowest BCUT2D eigenvalue weighted by Gasteiger charge is -2.02. The lowest BCUT2D eigenvalue weighted by molar-refractivity contribution is 0.0946. The van der Waals surface area contributed by atoms with E-state index < -0.39 is 0 Å². The molecule has 0 bridgehead atoms. The van der Waals surface area contributed by atoms with Crippen LogP contribution in [0.3, 0.4) is 0 Å². The Kier molecular flexibility index (Phi) is 3.75. The molecule has 0 aliphatic rings. The van der Waals surface area contributed by atoms with Gasteiger partial charge in [-0.2, -0.15) is 0 Å². The van der Waals surface area contributed by atoms with Crippen molar-refractivity contribution in [3.8, 4) is 0 Å². The molecule has 3 rings (SSSR count). The largest absolute Gasteiger partial charge is 0.344 e. The first-order valence-electron chi connectivity index (χ1n) is 5.96. The third-order valence-corrected chi connectivity index (χ3v) is 4.20. The molecule has 2 aromatic heterocycles. The Labute approximate surface area is 128 Å². The highest BCUT2D eigenvalue weighted by Crippen LogP contribution is 2.21. The summed E-state index contributed by atoms with van der Waals surface area (Å²) >= 11 is 4.87. The Balaban J connectivity index is 1.69. The number of carbonyl (C=O) groups excluding carboxylic acids is 1. The minimum Gasteiger partial charge on any atom is -0.344 e. The summed E-state index contributed by atoms with van der Waals surface area (Å²) in [6.07, 6.45) is 1.60. The Hall–Kier alpha value is -1.79. The van der Waals surface area contributed by atoms with Crippen LogP contribution in [0.4, 0.5) is 0 Å². The maximum atomic E-state index is 11.9. The second-order valence-electron chi connectivity index (χ2n) is 4.12. The number of hydrogen-bond donors (Lipinski definition) is 1. The number of nitrogens with zero attached hydrogens (tertiary/aromatic N) is 2. The third kappa shape index (κ3) is 2.86. The van der Waals surface area contributed by atoms with E-state index in [0.29, 0.717) is 12.2 Å². The molecule has 4 nitrogen and oxygen atoms in total. The predicted octanol–water partition coefficient (Wildman–Crippen LogP) is 3.38. The van der Waals surface area contributed by atoms with Gasteiger partial charge in [-0.05, 0) is 40.2 Å². The summed E-state index contributed by atoms with van der Waals surface area (Å²) in [5.41, 5.74) is 1.36. The molecular weight excluding hydrogens is 338 g/mol. The van der Waals surface area contributed by atoms with Crippen molar-refractivity contribution in [3.63, 3.8) is 0 Å². The van der Waals surface area contributed by atoms with E-state index in [1.54, 1.807) is 29.7 Å². The molecule has 20 heavy (non-hydrogen) atoms. The van der Waals surface area contributed by atoms with Crippen LogP contribution in [0.15, 0.2) is 47.1 Å². The number of amides is 1. The molecule has 0 radical (unpaired) electrons. The van der Waals surface area contributed by atoms with Crippen LogP contribution in [0, 0.1) is 0 Å². The standard InChI is InChI=1S/C14H10BrN3OS/c15-9-5-6-11(16-7-9)14(19)17-8-13-18-10-3-1-2-4-12(10)20-13/h1-7H,8H2,(H,17,19). The lowest BCUT2D eigenvalue weighted by Crippen LogP contribution is -2.23. The molecule has 0 aliphatic carbocycles. The molecule has 0 atom stereocenters. The molecule has 0 saturated heterocycles. The lowest BCUT2D eigenvalue weighted by atomic mass is 10.3. The number of halogens is 1. The van der Waals surface area contributed by atoms with Crippen molar-refractivity contribution in [1.82, 2.24) is 15.3 Å². The number of carbonyl (C=O) groups is 1. The summed E-state index contributed by atoms with van der Waals surface area (Å²) in [5.74, 6) is -0.197. The minimum absolute atomic E-state index is 0.197. The first-order valence-corrected chi connectivity index (χ1v) is 7.57. The highest BCUT2D eigenvalue weighted by Gasteiger charge is 2.08. The quantitative estimate of drug-likeness (QED) is 0.790. The molecule has 0 saturated carbocycles. The maximum absolute atomic E-state index is 11.9. The van der Waals surface area contributed by atoms with Crippen LogP contribution in [0.25, 0.3) is 10.2 Å². The van der Waals surface area contributed by atoms with E-state index in [1.807, 2.05) is 24.3 Å². The SMILES string of the molecule is O=C(NCc1nc2ccccc2s1)c1ccc(Br)cn1. The van der Waals surface area contributed by atoms with Crippen molar-refractivity contribution in [3.05, 3.63) is 57.8 Å². The first kappa shape index (κ1) is 13.2. The van der Waals surface area contributed by atoms with Crippen LogP contribution in [-0.4, -0.2) is 15.9 Å². The number of nitrogens with one attached hydrogen (secondary N) is 1. The maximum Gasteiger partial charge on any atom is 0.270 e. The molecule has 3 aromatic rings. The molecule has 1 N–H and O–H groups in total. The summed E-state index contributed by atoms with van der Waals surface area (Å²) < 4.78 is 1.97. The monoisotopic (exact) mass is 347 g/mol. The molecule has 0 spiro atoms. The minimum atomic E-state index is -0.197. The van der Waals surface area contributed by atoms with Gasteiger partial charge in [0.05, 0.1) is 16.8 Å². The second-order valence-corrected chi connectivity index (χ2v) is 6.15. The number of thiazole rings is 1. The van der Waals surface area contributed by atoms with E-state index in [4.69, 9.17) is 0 Å². The van der Waals surface area contributed by atoms with Crippen molar-refractivity contribution in [2.24, 2.45) is 0 Å². The average molecular weight is 348 g/mol. The van der Waals surface area contributed by atoms with Crippen molar-refractivity contribution in [2.45, 2.75) is 6.54 Å². The Morgan fingerprint density at radius 1 is 1.25 bits per heavy atom. The van der Waals surface area contributed by atoms with Crippen LogP contribution in [0.5, 0.6) is 0 Å². The smallest absolute Gasteiger partial charge is 0.270 e. The van der Waals surface area contributed by atoms with Crippen LogP contribution >= 0.6 is 27.3 Å². The van der Waals surface area contributed by atoms with Crippen molar-refractivity contribution >= 4 is 43.4 Å². The van der Waals surface area contributed by atoms with Gasteiger partial charge in [0.15, 0.2) is 0 Å². The number of para-hydroxylation sites is 1. The molecular formula is C14H10BrN3OS. The van der Waals surface area contributed by atoms with E-state index in [9.17, 15) is 4.79 Å². The fourth-order valence-electron chi connectivity index (χ4n) is 1.75. The number of pyridine rings is 1. The fourth-order valence-corrected chi connectivity index (χ4v) is 2.89. The number of hydrogen-bond acceptors (Lipinski definition) is 4. The van der Waals surface area contributed by atoms with E-state index in [2.05, 4.69) is 31.2 Å². The number of fused-ring (bicyclic) bond motifs is 1. The topological polar surface area (TPSA) is 54.9 Å². The van der Waals surface area contributed by atoms with Crippen molar-refractivity contribution in [1.29, 1.82) is 0 Å². The number of rotatable bonds is 3. The van der Waals surface area contributed by atoms with Gasteiger partial charge < -0.3 is 5.32 Å². The molecule has 6 heteroatoms. The van der Waals surface area contributed by atoms with Gasteiger partial charge in [-0.3, -0.25) is 4.79 Å². The second kappa shape index (κ2) is 5.68. The van der Waals surface area contributed by atoms with Gasteiger partial charge in [-0.25, -0.2) is 9.97 Å². The Morgan fingerprint density at radius 3 is 2.85 bits per heavy atom. The van der Waals surface area contributed by atoms with Crippen molar-refractivity contribution in [2.75, 3.05) is 0 Å². The van der Waals surface area contributed by atoms with Gasteiger partial charge in [0.25, 0.3) is 5.91 Å². The molecule has 0 unspecified atom stereocenters.